The van der Waals surface area contributed by atoms with Gasteiger partial charge in [-0.1, -0.05) is 195 Å². The molecule has 0 fully saturated rings. The van der Waals surface area contributed by atoms with E-state index < -0.39 is 13.8 Å². The summed E-state index contributed by atoms with van der Waals surface area (Å²) >= 11 is 0. The molecule has 0 aliphatic carbocycles. The van der Waals surface area contributed by atoms with Crippen molar-refractivity contribution in [2.45, 2.75) is 0 Å². The second-order valence-electron chi connectivity index (χ2n) is 13.6. The number of benzene rings is 7. The zero-order valence-corrected chi connectivity index (χ0v) is 31.6. The third-order valence-corrected chi connectivity index (χ3v) is 17.7. The Morgan fingerprint density at radius 3 is 0.870 bits per heavy atom. The smallest absolute Gasteiger partial charge is 0.0970 e. The molecule has 0 radical (unpaired) electrons. The molecule has 0 amide bonds. The topological polar surface area (TPSA) is 25.8 Å². The third-order valence-electron chi connectivity index (χ3n) is 10.6. The van der Waals surface area contributed by atoms with Gasteiger partial charge in [-0.2, -0.15) is 0 Å². The summed E-state index contributed by atoms with van der Waals surface area (Å²) in [6.45, 7) is -4.14. The Morgan fingerprint density at radius 2 is 0.574 bits per heavy atom. The van der Waals surface area contributed by atoms with Crippen molar-refractivity contribution in [1.82, 2.24) is 9.97 Å². The standard InChI is InChI=1S/C50H38N2P2/c1-53(39-15-7-3-8-16-39,40-17-9-4-10-18-40)43-27-23-37(24-28-43)45-33-35-51-49-47(45)31-32-48-46(34-36-52-50(48)49)38-25-29-44(30-26-38)54(2,41-19-11-5-12-20-41)42-21-13-6-14-22-42/h3-36H,1-2H2. The van der Waals surface area contributed by atoms with Crippen LogP contribution in [-0.4, -0.2) is 22.6 Å². The fourth-order valence-electron chi connectivity index (χ4n) is 7.75. The maximum absolute atomic E-state index is 4.94. The molecular formula is C50H38N2P2. The number of hydrogen-bond donors (Lipinski definition) is 0. The molecular weight excluding hydrogens is 691 g/mol. The quantitative estimate of drug-likeness (QED) is 0.115. The lowest BCUT2D eigenvalue weighted by molar-refractivity contribution is 1.37. The molecule has 0 spiro atoms. The van der Waals surface area contributed by atoms with Crippen molar-refractivity contribution in [3.8, 4) is 22.3 Å². The van der Waals surface area contributed by atoms with E-state index in [1.807, 2.05) is 12.4 Å². The van der Waals surface area contributed by atoms with Crippen LogP contribution in [0.1, 0.15) is 0 Å². The van der Waals surface area contributed by atoms with Crippen molar-refractivity contribution in [3.63, 3.8) is 0 Å². The monoisotopic (exact) mass is 728 g/mol. The summed E-state index contributed by atoms with van der Waals surface area (Å²) in [7, 11) is 0. The highest BCUT2D eigenvalue weighted by molar-refractivity contribution is 7.93. The first-order chi connectivity index (χ1) is 26.5. The van der Waals surface area contributed by atoms with E-state index in [4.69, 9.17) is 22.6 Å². The average Bonchev–Trinajstić information content (AvgIpc) is 3.26. The zero-order chi connectivity index (χ0) is 36.5. The summed E-state index contributed by atoms with van der Waals surface area (Å²) in [5.41, 5.74) is 6.35. The van der Waals surface area contributed by atoms with E-state index in [1.54, 1.807) is 0 Å². The van der Waals surface area contributed by atoms with Gasteiger partial charge in [0.05, 0.1) is 11.0 Å². The van der Waals surface area contributed by atoms with E-state index in [9.17, 15) is 0 Å². The molecule has 0 saturated heterocycles. The second-order valence-corrected chi connectivity index (χ2v) is 20.0. The molecule has 0 atom stereocenters. The lowest BCUT2D eigenvalue weighted by Gasteiger charge is -2.27. The van der Waals surface area contributed by atoms with Crippen LogP contribution in [0.5, 0.6) is 0 Å². The summed E-state index contributed by atoms with van der Waals surface area (Å²) in [6, 6.07) is 69.5. The van der Waals surface area contributed by atoms with E-state index in [2.05, 4.69) is 194 Å². The first-order valence-electron chi connectivity index (χ1n) is 18.1. The minimum Gasteiger partial charge on any atom is -0.254 e. The van der Waals surface area contributed by atoms with Gasteiger partial charge in [0.15, 0.2) is 0 Å². The molecule has 9 rings (SSSR count). The van der Waals surface area contributed by atoms with Crippen molar-refractivity contribution in [3.05, 3.63) is 207 Å². The minimum absolute atomic E-state index is 0.899. The Hall–Kier alpha value is -6.04. The first-order valence-corrected chi connectivity index (χ1v) is 22.1. The third kappa shape index (κ3) is 5.76. The van der Waals surface area contributed by atoms with Gasteiger partial charge in [-0.15, -0.1) is 0 Å². The van der Waals surface area contributed by atoms with E-state index in [-0.39, 0.29) is 0 Å². The molecule has 0 aliphatic rings. The largest absolute Gasteiger partial charge is 0.254 e. The van der Waals surface area contributed by atoms with Gasteiger partial charge in [0, 0.05) is 23.2 Å². The highest BCUT2D eigenvalue weighted by atomic mass is 31.2. The Kier molecular flexibility index (Phi) is 8.80. The lowest BCUT2D eigenvalue weighted by Crippen LogP contribution is -2.25. The zero-order valence-electron chi connectivity index (χ0n) is 29.8. The van der Waals surface area contributed by atoms with Gasteiger partial charge in [0.25, 0.3) is 0 Å². The number of aromatic nitrogens is 2. The fourth-order valence-corrected chi connectivity index (χ4v) is 13.6. The normalized spacial score (nSPS) is 11.9. The van der Waals surface area contributed by atoms with E-state index in [1.165, 1.54) is 31.8 Å². The maximum atomic E-state index is 4.94. The van der Waals surface area contributed by atoms with Crippen LogP contribution in [0.3, 0.4) is 0 Å². The maximum Gasteiger partial charge on any atom is 0.0970 e. The molecule has 0 aliphatic heterocycles. The molecule has 7 aromatic carbocycles. The molecule has 0 saturated carbocycles. The molecule has 258 valence electrons. The Bertz CT molecular complexity index is 2550. The number of hydrogen-bond acceptors (Lipinski definition) is 2. The van der Waals surface area contributed by atoms with Crippen molar-refractivity contribution in [2.24, 2.45) is 0 Å². The van der Waals surface area contributed by atoms with Crippen LogP contribution in [0.15, 0.2) is 207 Å². The van der Waals surface area contributed by atoms with Crippen molar-refractivity contribution in [1.29, 1.82) is 0 Å². The van der Waals surface area contributed by atoms with Gasteiger partial charge in [0.2, 0.25) is 0 Å². The molecule has 0 N–H and O–H groups in total. The highest BCUT2D eigenvalue weighted by Gasteiger charge is 2.24. The van der Waals surface area contributed by atoms with Gasteiger partial charge >= 0.3 is 0 Å². The SMILES string of the molecule is C=P(c1ccccc1)(c1ccccc1)c1ccc(-c2ccnc3c2ccc2c(-c4ccc(P(=C)(c5ccccc5)c5ccccc5)cc4)ccnc23)cc1. The molecule has 4 heteroatoms. The predicted octanol–water partition coefficient (Wildman–Crippen LogP) is 9.57. The van der Waals surface area contributed by atoms with Gasteiger partial charge in [0.1, 0.15) is 0 Å². The van der Waals surface area contributed by atoms with E-state index in [0.29, 0.717) is 0 Å². The number of pyridine rings is 2. The molecule has 0 bridgehead atoms. The van der Waals surface area contributed by atoms with Crippen LogP contribution in [0.25, 0.3) is 44.1 Å². The van der Waals surface area contributed by atoms with Crippen LogP contribution in [0.4, 0.5) is 0 Å². The van der Waals surface area contributed by atoms with Crippen molar-refractivity contribution < 1.29 is 0 Å². The molecule has 54 heavy (non-hydrogen) atoms. The summed E-state index contributed by atoms with van der Waals surface area (Å²) in [5, 5.41) is 9.71. The average molecular weight is 729 g/mol. The Balaban J connectivity index is 1.10. The van der Waals surface area contributed by atoms with Crippen LogP contribution < -0.4 is 31.8 Å². The molecule has 9 aromatic rings. The summed E-state index contributed by atoms with van der Waals surface area (Å²) in [4.78, 5) is 9.82. The second kappa shape index (κ2) is 14.1. The van der Waals surface area contributed by atoms with Gasteiger partial charge in [-0.3, -0.25) is 9.97 Å². The lowest BCUT2D eigenvalue weighted by atomic mass is 9.96. The van der Waals surface area contributed by atoms with Crippen molar-refractivity contribution in [2.75, 3.05) is 0 Å². The molecule has 2 nitrogen and oxygen atoms in total. The minimum atomic E-state index is -2.07. The first kappa shape index (κ1) is 33.8. The van der Waals surface area contributed by atoms with Gasteiger partial charge in [-0.05, 0) is 80.0 Å². The van der Waals surface area contributed by atoms with Gasteiger partial charge < -0.3 is 0 Å². The van der Waals surface area contributed by atoms with Crippen LogP contribution in [-0.2, 0) is 0 Å². The predicted molar refractivity (Wildman–Crippen MR) is 240 cm³/mol. The van der Waals surface area contributed by atoms with E-state index >= 15 is 0 Å². The molecule has 2 heterocycles. The Morgan fingerprint density at radius 1 is 0.296 bits per heavy atom. The molecule has 0 unspecified atom stereocenters. The number of rotatable bonds is 8. The fraction of sp³-hybridized carbons (Fsp3) is 0. The van der Waals surface area contributed by atoms with Gasteiger partial charge in [-0.25, -0.2) is 0 Å². The molecule has 2 aromatic heterocycles. The van der Waals surface area contributed by atoms with Crippen LogP contribution >= 0.6 is 13.8 Å². The highest BCUT2D eigenvalue weighted by Crippen LogP contribution is 2.44. The summed E-state index contributed by atoms with van der Waals surface area (Å²) in [5.74, 6) is 0. The van der Waals surface area contributed by atoms with Crippen molar-refractivity contribution >= 4 is 80.0 Å². The Labute approximate surface area is 317 Å². The number of nitrogens with zero attached hydrogens (tertiary/aromatic N) is 2. The van der Waals surface area contributed by atoms with Crippen LogP contribution in [0.2, 0.25) is 0 Å². The summed E-state index contributed by atoms with van der Waals surface area (Å²) in [6.07, 6.45) is 13.7. The summed E-state index contributed by atoms with van der Waals surface area (Å²) < 4.78 is 0. The van der Waals surface area contributed by atoms with Crippen LogP contribution in [0, 0.1) is 0 Å². The number of fused-ring (bicyclic) bond motifs is 3. The van der Waals surface area contributed by atoms with E-state index in [0.717, 1.165) is 44.1 Å².